The van der Waals surface area contributed by atoms with Crippen molar-refractivity contribution in [1.82, 2.24) is 0 Å². The molecule has 0 saturated heterocycles. The first kappa shape index (κ1) is 23.3. The third-order valence-corrected chi connectivity index (χ3v) is 6.52. The largest absolute Gasteiger partial charge is 0.327 e. The van der Waals surface area contributed by atoms with Crippen LogP contribution in [0.25, 0.3) is 26.4 Å². The molecule has 0 bridgehead atoms. The van der Waals surface area contributed by atoms with E-state index >= 15 is 0 Å². The Morgan fingerprint density at radius 1 is 0.806 bits per heavy atom. The second-order valence-electron chi connectivity index (χ2n) is 9.70. The molecular weight excluding hydrogens is 376 g/mol. The van der Waals surface area contributed by atoms with Crippen LogP contribution in [0.2, 0.25) is 0 Å². The van der Waals surface area contributed by atoms with Gasteiger partial charge in [-0.1, -0.05) is 87.1 Å². The van der Waals surface area contributed by atoms with Gasteiger partial charge in [0.15, 0.2) is 0 Å². The van der Waals surface area contributed by atoms with Gasteiger partial charge < -0.3 is 10.6 Å². The normalized spacial score (nSPS) is 12.8. The molecule has 0 radical (unpaired) electrons. The molecule has 0 aliphatic rings. The first-order valence-electron chi connectivity index (χ1n) is 12.0. The van der Waals surface area contributed by atoms with Crippen LogP contribution in [0.15, 0.2) is 54.6 Å². The van der Waals surface area contributed by atoms with Gasteiger partial charge in [-0.25, -0.2) is 6.57 Å². The lowest BCUT2D eigenvalue weighted by molar-refractivity contribution is 0.488. The number of benzene rings is 3. The predicted molar refractivity (Wildman–Crippen MR) is 135 cm³/mol. The number of rotatable bonds is 12. The summed E-state index contributed by atoms with van der Waals surface area (Å²) < 4.78 is 0. The number of fused-ring (bicyclic) bond motifs is 2. The highest BCUT2D eigenvalue weighted by molar-refractivity contribution is 6.02. The fraction of sp³-hybridized carbons (Fsp3) is 0.483. The summed E-state index contributed by atoms with van der Waals surface area (Å²) in [5.41, 5.74) is 7.83. The van der Waals surface area contributed by atoms with E-state index in [4.69, 9.17) is 12.3 Å². The highest BCUT2D eigenvalue weighted by Crippen LogP contribution is 2.29. The van der Waals surface area contributed by atoms with Crippen molar-refractivity contribution in [3.05, 3.63) is 71.6 Å². The first-order chi connectivity index (χ1) is 15.0. The average molecular weight is 415 g/mol. The van der Waals surface area contributed by atoms with Gasteiger partial charge in [0, 0.05) is 26.3 Å². The summed E-state index contributed by atoms with van der Waals surface area (Å²) >= 11 is 0. The van der Waals surface area contributed by atoms with Gasteiger partial charge in [0.05, 0.1) is 0 Å². The molecule has 31 heavy (non-hydrogen) atoms. The van der Waals surface area contributed by atoms with Crippen LogP contribution in [0.5, 0.6) is 0 Å². The molecule has 164 valence electrons. The molecule has 0 aliphatic heterocycles. The maximum absolute atomic E-state index is 7.20. The Balaban J connectivity index is 1.43. The molecule has 2 nitrogen and oxygen atoms in total. The monoisotopic (exact) mass is 414 g/mol. The van der Waals surface area contributed by atoms with E-state index in [1.54, 1.807) is 0 Å². The van der Waals surface area contributed by atoms with Crippen molar-refractivity contribution in [3.63, 3.8) is 0 Å². The zero-order valence-electron chi connectivity index (χ0n) is 19.4. The summed E-state index contributed by atoms with van der Waals surface area (Å²) in [5, 5.41) is 5.31. The van der Waals surface area contributed by atoms with Gasteiger partial charge in [-0.3, -0.25) is 0 Å². The van der Waals surface area contributed by atoms with Crippen LogP contribution in [0.1, 0.15) is 77.2 Å². The molecule has 0 amide bonds. The third kappa shape index (κ3) is 6.81. The third-order valence-electron chi connectivity index (χ3n) is 6.52. The van der Waals surface area contributed by atoms with Gasteiger partial charge >= 0.3 is 0 Å². The minimum atomic E-state index is -0.175. The standard InChI is InChI=1S/C29H38N2/c1-29(2,31-3)20-14-8-6-4-5-7-9-17-25(30)22-28-26-18-12-10-15-23(26)21-24-16-11-13-19-27(24)28/h10-13,15-16,18-19,21,25H,4-9,14,17,20,22,30H2,1-2H3. The van der Waals surface area contributed by atoms with Crippen LogP contribution in [0.3, 0.4) is 0 Å². The summed E-state index contributed by atoms with van der Waals surface area (Å²) in [7, 11) is 0. The Bertz CT molecular complexity index is 958. The maximum atomic E-state index is 7.20. The van der Waals surface area contributed by atoms with Gasteiger partial charge in [-0.15, -0.1) is 0 Å². The lowest BCUT2D eigenvalue weighted by atomic mass is 9.91. The van der Waals surface area contributed by atoms with Gasteiger partial charge in [0.2, 0.25) is 5.54 Å². The lowest BCUT2D eigenvalue weighted by Crippen LogP contribution is -2.23. The number of nitrogens with zero attached hydrogens (tertiary/aromatic N) is 1. The van der Waals surface area contributed by atoms with E-state index in [1.807, 2.05) is 13.8 Å². The van der Waals surface area contributed by atoms with Crippen molar-refractivity contribution in [1.29, 1.82) is 0 Å². The van der Waals surface area contributed by atoms with Gasteiger partial charge in [0.1, 0.15) is 0 Å². The van der Waals surface area contributed by atoms with Crippen molar-refractivity contribution >= 4 is 21.5 Å². The SMILES string of the molecule is [C-]#[N+]C(C)(C)CCCCCCCCCC(N)Cc1c2ccccc2cc2ccccc12. The Kier molecular flexibility index (Phi) is 8.50. The quantitative estimate of drug-likeness (QED) is 0.181. The second-order valence-corrected chi connectivity index (χ2v) is 9.70. The highest BCUT2D eigenvalue weighted by atomic mass is 14.8. The number of hydrogen-bond donors (Lipinski definition) is 1. The predicted octanol–water partition coefficient (Wildman–Crippen LogP) is 8.07. The van der Waals surface area contributed by atoms with Crippen LogP contribution >= 0.6 is 0 Å². The molecule has 0 heterocycles. The minimum Gasteiger partial charge on any atom is -0.327 e. The topological polar surface area (TPSA) is 30.4 Å². The zero-order valence-corrected chi connectivity index (χ0v) is 19.4. The molecular formula is C29H38N2. The summed E-state index contributed by atoms with van der Waals surface area (Å²) in [6, 6.07) is 19.9. The van der Waals surface area contributed by atoms with Crippen LogP contribution in [0.4, 0.5) is 0 Å². The molecule has 0 fully saturated rings. The van der Waals surface area contributed by atoms with Gasteiger partial charge in [-0.2, -0.15) is 0 Å². The molecule has 3 aromatic carbocycles. The fourth-order valence-corrected chi connectivity index (χ4v) is 4.60. The van der Waals surface area contributed by atoms with E-state index in [0.29, 0.717) is 0 Å². The van der Waals surface area contributed by atoms with Crippen LogP contribution < -0.4 is 5.73 Å². The summed E-state index contributed by atoms with van der Waals surface area (Å²) in [6.45, 7) is 11.3. The zero-order chi connectivity index (χ0) is 22.1. The molecule has 2 N–H and O–H groups in total. The number of unbranched alkanes of at least 4 members (excludes halogenated alkanes) is 6. The van der Waals surface area contributed by atoms with E-state index in [0.717, 1.165) is 19.3 Å². The minimum absolute atomic E-state index is 0.175. The Labute approximate surface area is 188 Å². The maximum Gasteiger partial charge on any atom is 0.227 e. The fourth-order valence-electron chi connectivity index (χ4n) is 4.60. The lowest BCUT2D eigenvalue weighted by Gasteiger charge is -2.16. The first-order valence-corrected chi connectivity index (χ1v) is 12.0. The summed E-state index contributed by atoms with van der Waals surface area (Å²) in [5.74, 6) is 0. The van der Waals surface area contributed by atoms with E-state index in [1.165, 1.54) is 72.1 Å². The van der Waals surface area contributed by atoms with Crippen LogP contribution in [-0.2, 0) is 6.42 Å². The number of nitrogens with two attached hydrogens (primary N) is 1. The van der Waals surface area contributed by atoms with Crippen molar-refractivity contribution in [2.75, 3.05) is 0 Å². The molecule has 0 spiro atoms. The summed E-state index contributed by atoms with van der Waals surface area (Å²) in [4.78, 5) is 3.70. The molecule has 3 rings (SSSR count). The molecule has 0 saturated carbocycles. The van der Waals surface area contributed by atoms with E-state index in [2.05, 4.69) is 59.4 Å². The highest BCUT2D eigenvalue weighted by Gasteiger charge is 2.21. The van der Waals surface area contributed by atoms with Crippen molar-refractivity contribution < 1.29 is 0 Å². The second kappa shape index (κ2) is 11.3. The van der Waals surface area contributed by atoms with E-state index < -0.39 is 0 Å². The van der Waals surface area contributed by atoms with Crippen molar-refractivity contribution in [3.8, 4) is 0 Å². The molecule has 0 aliphatic carbocycles. The van der Waals surface area contributed by atoms with Crippen molar-refractivity contribution in [2.24, 2.45) is 5.73 Å². The molecule has 0 aromatic heterocycles. The Hall–Kier alpha value is -2.37. The molecule has 3 aromatic rings. The Morgan fingerprint density at radius 2 is 1.32 bits per heavy atom. The van der Waals surface area contributed by atoms with E-state index in [9.17, 15) is 0 Å². The smallest absolute Gasteiger partial charge is 0.227 e. The molecule has 2 heteroatoms. The van der Waals surface area contributed by atoms with Crippen LogP contribution in [0, 0.1) is 6.57 Å². The van der Waals surface area contributed by atoms with E-state index in [-0.39, 0.29) is 11.6 Å². The Morgan fingerprint density at radius 3 is 1.90 bits per heavy atom. The van der Waals surface area contributed by atoms with Gasteiger partial charge in [-0.05, 0) is 52.4 Å². The average Bonchev–Trinajstić information content (AvgIpc) is 2.77. The number of hydrogen-bond acceptors (Lipinski definition) is 1. The van der Waals surface area contributed by atoms with Crippen LogP contribution in [-0.4, -0.2) is 11.6 Å². The van der Waals surface area contributed by atoms with Crippen molar-refractivity contribution in [2.45, 2.75) is 89.6 Å². The summed E-state index contributed by atoms with van der Waals surface area (Å²) in [6.07, 6.45) is 11.9. The molecule has 1 atom stereocenters. The van der Waals surface area contributed by atoms with Gasteiger partial charge in [0.25, 0.3) is 0 Å². The molecule has 1 unspecified atom stereocenters.